The lowest BCUT2D eigenvalue weighted by atomic mass is 9.94. The topological polar surface area (TPSA) is 89.0 Å². The Morgan fingerprint density at radius 3 is 2.29 bits per heavy atom. The van der Waals surface area contributed by atoms with Crippen molar-refractivity contribution >= 4 is 39.6 Å². The summed E-state index contributed by atoms with van der Waals surface area (Å²) < 4.78 is 11.7. The van der Waals surface area contributed by atoms with Crippen molar-refractivity contribution in [2.75, 3.05) is 12.4 Å². The first kappa shape index (κ1) is 24.4. The summed E-state index contributed by atoms with van der Waals surface area (Å²) in [4.78, 5) is 25.4. The molecule has 0 fully saturated rings. The molecule has 0 bridgehead atoms. The van der Waals surface area contributed by atoms with Crippen LogP contribution in [0.2, 0.25) is 0 Å². The number of hydrogen-bond donors (Lipinski definition) is 2. The number of methoxy groups -OCH3 is 1. The third kappa shape index (κ3) is 7.40. The lowest BCUT2D eigenvalue weighted by Gasteiger charge is -2.18. The number of hydrogen-bond acceptors (Lipinski definition) is 5. The van der Waals surface area contributed by atoms with E-state index >= 15 is 0 Å². The van der Waals surface area contributed by atoms with Crippen LogP contribution in [0.15, 0.2) is 52.0 Å². The van der Waals surface area contributed by atoms with E-state index in [0.717, 1.165) is 4.47 Å². The molecule has 2 amide bonds. The van der Waals surface area contributed by atoms with Crippen molar-refractivity contribution in [3.63, 3.8) is 0 Å². The lowest BCUT2D eigenvalue weighted by molar-refractivity contribution is -0.134. The molecule has 0 aliphatic carbocycles. The molecule has 0 aliphatic heterocycles. The molecular weight excluding hydrogens is 462 g/mol. The Kier molecular flexibility index (Phi) is 9.05. The van der Waals surface area contributed by atoms with Gasteiger partial charge < -0.3 is 14.8 Å². The van der Waals surface area contributed by atoms with E-state index in [0.29, 0.717) is 22.7 Å². The van der Waals surface area contributed by atoms with Crippen molar-refractivity contribution in [1.29, 1.82) is 0 Å². The summed E-state index contributed by atoms with van der Waals surface area (Å²) >= 11 is 3.42. The summed E-state index contributed by atoms with van der Waals surface area (Å²) in [6.45, 7) is 7.48. The quantitative estimate of drug-likeness (QED) is 0.305. The number of nitrogens with zero attached hydrogens (tertiary/aromatic N) is 1. The first-order chi connectivity index (χ1) is 14.7. The minimum Gasteiger partial charge on any atom is -0.497 e. The van der Waals surface area contributed by atoms with E-state index in [9.17, 15) is 9.59 Å². The maximum Gasteiger partial charge on any atom is 0.252 e. The van der Waals surface area contributed by atoms with Crippen LogP contribution < -0.4 is 20.2 Å². The van der Waals surface area contributed by atoms with E-state index in [1.165, 1.54) is 6.21 Å². The smallest absolute Gasteiger partial charge is 0.252 e. The third-order valence-corrected chi connectivity index (χ3v) is 4.80. The summed E-state index contributed by atoms with van der Waals surface area (Å²) in [5, 5.41) is 6.81. The molecule has 8 heteroatoms. The zero-order valence-corrected chi connectivity index (χ0v) is 19.9. The molecule has 0 spiro atoms. The van der Waals surface area contributed by atoms with Crippen LogP contribution in [0.1, 0.15) is 33.3 Å². The van der Waals surface area contributed by atoms with Gasteiger partial charge in [0.1, 0.15) is 17.4 Å². The van der Waals surface area contributed by atoms with Gasteiger partial charge in [0.15, 0.2) is 0 Å². The molecule has 2 rings (SSSR count). The molecule has 0 heterocycles. The van der Waals surface area contributed by atoms with Crippen molar-refractivity contribution in [1.82, 2.24) is 5.43 Å². The normalized spacial score (nSPS) is 12.1. The number of ether oxygens (including phenoxy) is 2. The largest absolute Gasteiger partial charge is 0.497 e. The molecule has 1 atom stereocenters. The van der Waals surface area contributed by atoms with Gasteiger partial charge in [-0.2, -0.15) is 5.10 Å². The number of rotatable bonds is 9. The number of anilines is 1. The highest BCUT2D eigenvalue weighted by Gasteiger charge is 2.30. The van der Waals surface area contributed by atoms with E-state index < -0.39 is 17.7 Å². The fourth-order valence-electron chi connectivity index (χ4n) is 2.84. The van der Waals surface area contributed by atoms with Crippen LogP contribution in [0.4, 0.5) is 5.69 Å². The van der Waals surface area contributed by atoms with Gasteiger partial charge in [-0.3, -0.25) is 9.59 Å². The van der Waals surface area contributed by atoms with Crippen LogP contribution in [-0.4, -0.2) is 31.2 Å². The summed E-state index contributed by atoms with van der Waals surface area (Å²) in [6.07, 6.45) is 1.49. The first-order valence-corrected chi connectivity index (χ1v) is 10.7. The zero-order chi connectivity index (χ0) is 23.0. The maximum atomic E-state index is 12.7. The van der Waals surface area contributed by atoms with Gasteiger partial charge in [-0.05, 0) is 62.2 Å². The van der Waals surface area contributed by atoms with Crippen molar-refractivity contribution in [2.45, 2.75) is 33.8 Å². The van der Waals surface area contributed by atoms with E-state index in [1.54, 1.807) is 31.4 Å². The standard InChI is InChI=1S/C23H28BrN3O4/c1-14(2)21(22(28)26-18-7-9-19(30-5)10-8-18)23(29)27-25-13-16-12-17(24)6-11-20(16)31-15(3)4/h6-15,21H,1-5H3,(H,26,28)(H,27,29). The first-order valence-electron chi connectivity index (χ1n) is 9.95. The van der Waals surface area contributed by atoms with Crippen LogP contribution in [0.25, 0.3) is 0 Å². The fourth-order valence-corrected chi connectivity index (χ4v) is 3.21. The molecule has 0 radical (unpaired) electrons. The maximum absolute atomic E-state index is 12.7. The zero-order valence-electron chi connectivity index (χ0n) is 18.3. The van der Waals surface area contributed by atoms with Crippen molar-refractivity contribution in [3.8, 4) is 11.5 Å². The molecule has 0 aliphatic rings. The van der Waals surface area contributed by atoms with Crippen LogP contribution in [-0.2, 0) is 9.59 Å². The lowest BCUT2D eigenvalue weighted by Crippen LogP contribution is -2.39. The molecule has 7 nitrogen and oxygen atoms in total. The number of carbonyl (C=O) groups is 2. The number of hydrazone groups is 1. The average Bonchev–Trinajstić information content (AvgIpc) is 2.70. The van der Waals surface area contributed by atoms with E-state index in [4.69, 9.17) is 9.47 Å². The summed E-state index contributed by atoms with van der Waals surface area (Å²) in [5.41, 5.74) is 3.76. The minimum absolute atomic E-state index is 0.00473. The molecule has 166 valence electrons. The van der Waals surface area contributed by atoms with Gasteiger partial charge in [-0.15, -0.1) is 0 Å². The van der Waals surface area contributed by atoms with E-state index in [1.807, 2.05) is 45.9 Å². The van der Waals surface area contributed by atoms with Gasteiger partial charge in [-0.1, -0.05) is 29.8 Å². The molecule has 2 aromatic rings. The molecule has 0 aromatic heterocycles. The highest BCUT2D eigenvalue weighted by Crippen LogP contribution is 2.23. The van der Waals surface area contributed by atoms with Crippen LogP contribution in [0.3, 0.4) is 0 Å². The van der Waals surface area contributed by atoms with Gasteiger partial charge >= 0.3 is 0 Å². The van der Waals surface area contributed by atoms with Gasteiger partial charge in [0.2, 0.25) is 5.91 Å². The molecule has 1 unspecified atom stereocenters. The molecular formula is C23H28BrN3O4. The Balaban J connectivity index is 2.08. The third-order valence-electron chi connectivity index (χ3n) is 4.30. The van der Waals surface area contributed by atoms with Crippen LogP contribution >= 0.6 is 15.9 Å². The number of carbonyl (C=O) groups excluding carboxylic acids is 2. The highest BCUT2D eigenvalue weighted by atomic mass is 79.9. The Hall–Kier alpha value is -2.87. The van der Waals surface area contributed by atoms with Gasteiger partial charge in [0.05, 0.1) is 19.4 Å². The molecule has 0 saturated carbocycles. The molecule has 0 saturated heterocycles. The molecule has 2 aromatic carbocycles. The Morgan fingerprint density at radius 2 is 1.71 bits per heavy atom. The summed E-state index contributed by atoms with van der Waals surface area (Å²) in [7, 11) is 1.57. The Labute approximate surface area is 191 Å². The predicted octanol–water partition coefficient (Wildman–Crippen LogP) is 4.61. The van der Waals surface area contributed by atoms with Crippen molar-refractivity contribution in [2.24, 2.45) is 16.9 Å². The minimum atomic E-state index is -0.909. The van der Waals surface area contributed by atoms with Gasteiger partial charge in [0, 0.05) is 15.7 Å². The number of halogens is 1. The second-order valence-corrected chi connectivity index (χ2v) is 8.44. The fraction of sp³-hybridized carbons (Fsp3) is 0.348. The predicted molar refractivity (Wildman–Crippen MR) is 126 cm³/mol. The van der Waals surface area contributed by atoms with Gasteiger partial charge in [0.25, 0.3) is 5.91 Å². The SMILES string of the molecule is COc1ccc(NC(=O)C(C(=O)NN=Cc2cc(Br)ccc2OC(C)C)C(C)C)cc1. The van der Waals surface area contributed by atoms with E-state index in [2.05, 4.69) is 31.8 Å². The number of nitrogens with one attached hydrogen (secondary N) is 2. The second kappa shape index (κ2) is 11.5. The summed E-state index contributed by atoms with van der Waals surface area (Å²) in [6, 6.07) is 12.4. The van der Waals surface area contributed by atoms with Crippen molar-refractivity contribution < 1.29 is 19.1 Å². The molecule has 31 heavy (non-hydrogen) atoms. The number of amides is 2. The Morgan fingerprint density at radius 1 is 1.03 bits per heavy atom. The number of benzene rings is 2. The van der Waals surface area contributed by atoms with E-state index in [-0.39, 0.29) is 12.0 Å². The Bertz CT molecular complexity index is 927. The van der Waals surface area contributed by atoms with Crippen LogP contribution in [0, 0.1) is 11.8 Å². The molecule has 2 N–H and O–H groups in total. The second-order valence-electron chi connectivity index (χ2n) is 7.52. The summed E-state index contributed by atoms with van der Waals surface area (Å²) in [5.74, 6) is -0.697. The monoisotopic (exact) mass is 489 g/mol. The van der Waals surface area contributed by atoms with Crippen LogP contribution in [0.5, 0.6) is 11.5 Å². The van der Waals surface area contributed by atoms with Crippen molar-refractivity contribution in [3.05, 3.63) is 52.5 Å². The average molecular weight is 490 g/mol. The highest BCUT2D eigenvalue weighted by molar-refractivity contribution is 9.10. The van der Waals surface area contributed by atoms with Gasteiger partial charge in [-0.25, -0.2) is 5.43 Å².